The second kappa shape index (κ2) is 7.84. The second-order valence-corrected chi connectivity index (χ2v) is 8.49. The van der Waals surface area contributed by atoms with E-state index in [2.05, 4.69) is 50.8 Å². The fourth-order valence-electron chi connectivity index (χ4n) is 3.38. The zero-order chi connectivity index (χ0) is 16.2. The lowest BCUT2D eigenvalue weighted by atomic mass is 9.86. The summed E-state index contributed by atoms with van der Waals surface area (Å²) in [5.41, 5.74) is 2.79. The van der Waals surface area contributed by atoms with E-state index in [-0.39, 0.29) is 5.41 Å². The Hall–Kier alpha value is -0.530. The van der Waals surface area contributed by atoms with Gasteiger partial charge in [0.25, 0.3) is 0 Å². The largest absolute Gasteiger partial charge is 0.303 e. The van der Waals surface area contributed by atoms with Crippen LogP contribution in [0.15, 0.2) is 18.2 Å². The van der Waals surface area contributed by atoms with Crippen molar-refractivity contribution in [2.24, 2.45) is 5.92 Å². The average Bonchev–Trinajstić information content (AvgIpc) is 2.68. The molecular formula is C20H32ClN. The summed E-state index contributed by atoms with van der Waals surface area (Å²) in [4.78, 5) is 2.65. The summed E-state index contributed by atoms with van der Waals surface area (Å²) in [7, 11) is 0. The third-order valence-corrected chi connectivity index (χ3v) is 5.11. The Morgan fingerprint density at radius 3 is 2.27 bits per heavy atom. The van der Waals surface area contributed by atoms with Gasteiger partial charge in [-0.05, 0) is 60.9 Å². The standard InChI is InChI=1S/C20H32ClN/c1-16(15-22-11-7-5-6-8-12-22)13-17-9-10-18(14-19(17)21)20(2,3)4/h9-10,14,16H,5-8,11-13,15H2,1-4H3. The SMILES string of the molecule is CC(Cc1ccc(C(C)(C)C)cc1Cl)CN1CCCCCC1. The average molecular weight is 322 g/mol. The van der Waals surface area contributed by atoms with Crippen molar-refractivity contribution in [1.82, 2.24) is 4.90 Å². The molecular weight excluding hydrogens is 290 g/mol. The van der Waals surface area contributed by atoms with Crippen LogP contribution < -0.4 is 0 Å². The Bertz CT molecular complexity index is 467. The van der Waals surface area contributed by atoms with E-state index < -0.39 is 0 Å². The lowest BCUT2D eigenvalue weighted by Crippen LogP contribution is -2.30. The van der Waals surface area contributed by atoms with Gasteiger partial charge in [-0.1, -0.05) is 64.3 Å². The molecule has 0 bridgehead atoms. The van der Waals surface area contributed by atoms with Gasteiger partial charge >= 0.3 is 0 Å². The number of hydrogen-bond acceptors (Lipinski definition) is 1. The summed E-state index contributed by atoms with van der Waals surface area (Å²) >= 11 is 6.53. The molecule has 2 rings (SSSR count). The van der Waals surface area contributed by atoms with Gasteiger partial charge in [-0.15, -0.1) is 0 Å². The van der Waals surface area contributed by atoms with Crippen molar-refractivity contribution < 1.29 is 0 Å². The molecule has 0 aliphatic carbocycles. The zero-order valence-electron chi connectivity index (χ0n) is 14.8. The van der Waals surface area contributed by atoms with E-state index in [0.29, 0.717) is 5.92 Å². The number of likely N-dealkylation sites (tertiary alicyclic amines) is 1. The molecule has 1 fully saturated rings. The van der Waals surface area contributed by atoms with Crippen molar-refractivity contribution in [2.45, 2.75) is 65.2 Å². The second-order valence-electron chi connectivity index (χ2n) is 8.08. The van der Waals surface area contributed by atoms with Crippen molar-refractivity contribution >= 4 is 11.6 Å². The Morgan fingerprint density at radius 2 is 1.73 bits per heavy atom. The lowest BCUT2D eigenvalue weighted by Gasteiger charge is -2.25. The van der Waals surface area contributed by atoms with Crippen LogP contribution in [-0.4, -0.2) is 24.5 Å². The highest BCUT2D eigenvalue weighted by molar-refractivity contribution is 6.31. The summed E-state index contributed by atoms with van der Waals surface area (Å²) in [5, 5.41) is 0.940. The van der Waals surface area contributed by atoms with E-state index in [1.165, 1.54) is 56.4 Å². The number of halogens is 1. The van der Waals surface area contributed by atoms with Gasteiger partial charge in [-0.3, -0.25) is 0 Å². The summed E-state index contributed by atoms with van der Waals surface area (Å²) in [6.07, 6.45) is 6.64. The van der Waals surface area contributed by atoms with Crippen LogP contribution in [0.1, 0.15) is 64.5 Å². The molecule has 1 aliphatic heterocycles. The van der Waals surface area contributed by atoms with E-state index in [0.717, 1.165) is 11.4 Å². The van der Waals surface area contributed by atoms with Gasteiger partial charge in [0.05, 0.1) is 0 Å². The molecule has 0 amide bonds. The van der Waals surface area contributed by atoms with Gasteiger partial charge in [-0.2, -0.15) is 0 Å². The first-order valence-electron chi connectivity index (χ1n) is 8.87. The fourth-order valence-corrected chi connectivity index (χ4v) is 3.64. The van der Waals surface area contributed by atoms with Crippen molar-refractivity contribution in [3.63, 3.8) is 0 Å². The van der Waals surface area contributed by atoms with Crippen LogP contribution in [0.25, 0.3) is 0 Å². The van der Waals surface area contributed by atoms with Crippen LogP contribution in [0.3, 0.4) is 0 Å². The smallest absolute Gasteiger partial charge is 0.0441 e. The molecule has 1 saturated heterocycles. The minimum Gasteiger partial charge on any atom is -0.303 e. The third kappa shape index (κ3) is 5.28. The molecule has 1 aliphatic rings. The summed E-state index contributed by atoms with van der Waals surface area (Å²) in [6.45, 7) is 12.8. The molecule has 1 aromatic rings. The number of hydrogen-bond donors (Lipinski definition) is 0. The van der Waals surface area contributed by atoms with Crippen molar-refractivity contribution in [2.75, 3.05) is 19.6 Å². The highest BCUT2D eigenvalue weighted by atomic mass is 35.5. The highest BCUT2D eigenvalue weighted by Gasteiger charge is 2.17. The first-order valence-corrected chi connectivity index (χ1v) is 9.25. The van der Waals surface area contributed by atoms with Crippen molar-refractivity contribution in [1.29, 1.82) is 0 Å². The summed E-state index contributed by atoms with van der Waals surface area (Å²) < 4.78 is 0. The molecule has 2 heteroatoms. The van der Waals surface area contributed by atoms with E-state index >= 15 is 0 Å². The molecule has 0 N–H and O–H groups in total. The Balaban J connectivity index is 1.94. The quantitative estimate of drug-likeness (QED) is 0.688. The van der Waals surface area contributed by atoms with Crippen LogP contribution in [0.2, 0.25) is 5.02 Å². The molecule has 22 heavy (non-hydrogen) atoms. The molecule has 124 valence electrons. The van der Waals surface area contributed by atoms with Gasteiger partial charge in [0, 0.05) is 11.6 Å². The molecule has 0 aromatic heterocycles. The molecule has 1 unspecified atom stereocenters. The Morgan fingerprint density at radius 1 is 1.09 bits per heavy atom. The molecule has 1 nitrogen and oxygen atoms in total. The van der Waals surface area contributed by atoms with Gasteiger partial charge in [0.1, 0.15) is 0 Å². The van der Waals surface area contributed by atoms with Crippen LogP contribution in [0, 0.1) is 5.92 Å². The van der Waals surface area contributed by atoms with E-state index in [1.807, 2.05) is 0 Å². The molecule has 0 radical (unpaired) electrons. The first kappa shape index (κ1) is 17.8. The first-order chi connectivity index (χ1) is 10.4. The van der Waals surface area contributed by atoms with E-state index in [9.17, 15) is 0 Å². The maximum absolute atomic E-state index is 6.53. The van der Waals surface area contributed by atoms with Crippen molar-refractivity contribution in [3.8, 4) is 0 Å². The van der Waals surface area contributed by atoms with Gasteiger partial charge in [-0.25, -0.2) is 0 Å². The van der Waals surface area contributed by atoms with Gasteiger partial charge < -0.3 is 4.90 Å². The molecule has 0 saturated carbocycles. The summed E-state index contributed by atoms with van der Waals surface area (Å²) in [5.74, 6) is 0.663. The topological polar surface area (TPSA) is 3.24 Å². The number of nitrogens with zero attached hydrogens (tertiary/aromatic N) is 1. The van der Waals surface area contributed by atoms with E-state index in [1.54, 1.807) is 0 Å². The number of rotatable bonds is 4. The summed E-state index contributed by atoms with van der Waals surface area (Å²) in [6, 6.07) is 6.65. The maximum atomic E-state index is 6.53. The Kier molecular flexibility index (Phi) is 6.35. The van der Waals surface area contributed by atoms with Gasteiger partial charge in [0.15, 0.2) is 0 Å². The van der Waals surface area contributed by atoms with Crippen molar-refractivity contribution in [3.05, 3.63) is 34.3 Å². The van der Waals surface area contributed by atoms with E-state index in [4.69, 9.17) is 11.6 Å². The monoisotopic (exact) mass is 321 g/mol. The minimum atomic E-state index is 0.167. The Labute approximate surface area is 142 Å². The van der Waals surface area contributed by atoms with Crippen LogP contribution in [0.4, 0.5) is 0 Å². The molecule has 1 aromatic carbocycles. The normalized spacial score (nSPS) is 19.0. The van der Waals surface area contributed by atoms with Crippen LogP contribution >= 0.6 is 11.6 Å². The molecule has 1 atom stereocenters. The third-order valence-electron chi connectivity index (χ3n) is 4.76. The maximum Gasteiger partial charge on any atom is 0.0441 e. The number of benzene rings is 1. The predicted molar refractivity (Wildman–Crippen MR) is 97.9 cm³/mol. The molecule has 1 heterocycles. The van der Waals surface area contributed by atoms with Crippen LogP contribution in [0.5, 0.6) is 0 Å². The zero-order valence-corrected chi connectivity index (χ0v) is 15.5. The lowest BCUT2D eigenvalue weighted by molar-refractivity contribution is 0.245. The fraction of sp³-hybridized carbons (Fsp3) is 0.700. The van der Waals surface area contributed by atoms with Gasteiger partial charge in [0.2, 0.25) is 0 Å². The molecule has 0 spiro atoms. The predicted octanol–water partition coefficient (Wildman–Crippen LogP) is 5.69. The highest BCUT2D eigenvalue weighted by Crippen LogP contribution is 2.28. The minimum absolute atomic E-state index is 0.167. The van der Waals surface area contributed by atoms with Crippen LogP contribution in [-0.2, 0) is 11.8 Å².